The maximum Gasteiger partial charge on any atom is 0.123 e. The molecule has 0 spiro atoms. The van der Waals surface area contributed by atoms with Crippen LogP contribution in [0.3, 0.4) is 0 Å². The third-order valence-electron chi connectivity index (χ3n) is 3.56. The average molecular weight is 223 g/mol. The summed E-state index contributed by atoms with van der Waals surface area (Å²) in [5.74, 6) is -0.192. The Bertz CT molecular complexity index is 341. The summed E-state index contributed by atoms with van der Waals surface area (Å²) in [6.45, 7) is 2.04. The van der Waals surface area contributed by atoms with Crippen LogP contribution >= 0.6 is 0 Å². The molecule has 0 radical (unpaired) electrons. The van der Waals surface area contributed by atoms with E-state index in [1.807, 2.05) is 12.1 Å². The zero-order valence-electron chi connectivity index (χ0n) is 9.87. The first-order valence-corrected chi connectivity index (χ1v) is 5.66. The maximum atomic E-state index is 12.9. The number of hydrogen-bond donors (Lipinski definition) is 0. The van der Waals surface area contributed by atoms with Crippen molar-refractivity contribution in [3.05, 3.63) is 35.6 Å². The fraction of sp³-hybridized carbons (Fsp3) is 0.538. The lowest BCUT2D eigenvalue weighted by atomic mass is 9.84. The molecule has 0 aliphatic carbocycles. The van der Waals surface area contributed by atoms with Crippen LogP contribution in [0, 0.1) is 5.82 Å². The number of hydrogen-bond acceptors (Lipinski definition) is 2. The van der Waals surface area contributed by atoms with Crippen LogP contribution in [0.25, 0.3) is 0 Å². The number of nitrogens with zero attached hydrogens (tertiary/aromatic N) is 1. The lowest BCUT2D eigenvalue weighted by Gasteiger charge is -2.40. The van der Waals surface area contributed by atoms with Crippen molar-refractivity contribution < 1.29 is 9.13 Å². The SMILES string of the molecule is COC1(c2ccc(F)cc2)CCN(C)CC1. The summed E-state index contributed by atoms with van der Waals surface area (Å²) >= 11 is 0. The molecule has 0 unspecified atom stereocenters. The minimum absolute atomic E-state index is 0.192. The second kappa shape index (κ2) is 4.52. The van der Waals surface area contributed by atoms with E-state index in [1.54, 1.807) is 7.11 Å². The number of piperidine rings is 1. The Labute approximate surface area is 96.0 Å². The zero-order valence-corrected chi connectivity index (χ0v) is 9.87. The highest BCUT2D eigenvalue weighted by atomic mass is 19.1. The minimum Gasteiger partial charge on any atom is -0.373 e. The Morgan fingerprint density at radius 2 is 1.75 bits per heavy atom. The molecule has 16 heavy (non-hydrogen) atoms. The van der Waals surface area contributed by atoms with Crippen LogP contribution in [0.15, 0.2) is 24.3 Å². The molecule has 1 aromatic rings. The van der Waals surface area contributed by atoms with Crippen LogP contribution in [0.2, 0.25) is 0 Å². The molecule has 0 saturated carbocycles. The van der Waals surface area contributed by atoms with Gasteiger partial charge in [0.05, 0.1) is 5.60 Å². The molecule has 2 nitrogen and oxygen atoms in total. The fourth-order valence-corrected chi connectivity index (χ4v) is 2.34. The lowest BCUT2D eigenvalue weighted by molar-refractivity contribution is -0.0585. The van der Waals surface area contributed by atoms with Crippen LogP contribution in [0.5, 0.6) is 0 Å². The molecule has 0 amide bonds. The summed E-state index contributed by atoms with van der Waals surface area (Å²) in [5.41, 5.74) is 0.865. The molecular weight excluding hydrogens is 205 g/mol. The molecule has 1 heterocycles. The van der Waals surface area contributed by atoms with E-state index in [9.17, 15) is 4.39 Å². The van der Waals surface area contributed by atoms with Crippen molar-refractivity contribution in [2.75, 3.05) is 27.2 Å². The van der Waals surface area contributed by atoms with Gasteiger partial charge in [-0.2, -0.15) is 0 Å². The number of likely N-dealkylation sites (tertiary alicyclic amines) is 1. The Morgan fingerprint density at radius 3 is 2.25 bits per heavy atom. The van der Waals surface area contributed by atoms with Gasteiger partial charge in [-0.05, 0) is 37.6 Å². The molecule has 3 heteroatoms. The predicted molar refractivity (Wildman–Crippen MR) is 61.8 cm³/mol. The quantitative estimate of drug-likeness (QED) is 0.763. The largest absolute Gasteiger partial charge is 0.373 e. The molecule has 2 rings (SSSR count). The molecule has 0 aromatic heterocycles. The molecule has 88 valence electrons. The first kappa shape index (κ1) is 11.6. The van der Waals surface area contributed by atoms with Gasteiger partial charge in [0.25, 0.3) is 0 Å². The van der Waals surface area contributed by atoms with Crippen molar-refractivity contribution in [3.63, 3.8) is 0 Å². The molecular formula is C13H18FNO. The Hall–Kier alpha value is -0.930. The second-order valence-electron chi connectivity index (χ2n) is 4.51. The third-order valence-corrected chi connectivity index (χ3v) is 3.56. The summed E-state index contributed by atoms with van der Waals surface area (Å²) in [5, 5.41) is 0. The zero-order chi connectivity index (χ0) is 11.6. The number of ether oxygens (including phenoxy) is 1. The van der Waals surface area contributed by atoms with E-state index >= 15 is 0 Å². The van der Waals surface area contributed by atoms with Gasteiger partial charge < -0.3 is 9.64 Å². The van der Waals surface area contributed by atoms with E-state index in [4.69, 9.17) is 4.74 Å². The van der Waals surface area contributed by atoms with Crippen molar-refractivity contribution in [1.29, 1.82) is 0 Å². The monoisotopic (exact) mass is 223 g/mol. The fourth-order valence-electron chi connectivity index (χ4n) is 2.34. The molecule has 0 atom stereocenters. The number of halogens is 1. The number of rotatable bonds is 2. The summed E-state index contributed by atoms with van der Waals surface area (Å²) in [6.07, 6.45) is 1.93. The van der Waals surface area contributed by atoms with E-state index in [0.717, 1.165) is 31.5 Å². The van der Waals surface area contributed by atoms with E-state index in [1.165, 1.54) is 12.1 Å². The van der Waals surface area contributed by atoms with Crippen molar-refractivity contribution in [2.24, 2.45) is 0 Å². The van der Waals surface area contributed by atoms with Crippen LogP contribution < -0.4 is 0 Å². The van der Waals surface area contributed by atoms with Gasteiger partial charge in [0.15, 0.2) is 0 Å². The Morgan fingerprint density at radius 1 is 1.19 bits per heavy atom. The normalized spacial score (nSPS) is 20.9. The van der Waals surface area contributed by atoms with Gasteiger partial charge in [0.1, 0.15) is 5.82 Å². The van der Waals surface area contributed by atoms with Gasteiger partial charge in [-0.1, -0.05) is 12.1 Å². The van der Waals surface area contributed by atoms with Gasteiger partial charge in [0, 0.05) is 20.2 Å². The van der Waals surface area contributed by atoms with E-state index in [-0.39, 0.29) is 11.4 Å². The van der Waals surface area contributed by atoms with Crippen molar-refractivity contribution in [2.45, 2.75) is 18.4 Å². The highest BCUT2D eigenvalue weighted by Gasteiger charge is 2.35. The first-order valence-electron chi connectivity index (χ1n) is 5.66. The number of methoxy groups -OCH3 is 1. The Balaban J connectivity index is 2.24. The standard InChI is InChI=1S/C13H18FNO/c1-15-9-7-13(16-2,8-10-15)11-3-5-12(14)6-4-11/h3-6H,7-10H2,1-2H3. The van der Waals surface area contributed by atoms with Crippen LogP contribution in [-0.2, 0) is 10.3 Å². The van der Waals surface area contributed by atoms with Gasteiger partial charge >= 0.3 is 0 Å². The van der Waals surface area contributed by atoms with Crippen LogP contribution in [-0.4, -0.2) is 32.1 Å². The van der Waals surface area contributed by atoms with Crippen molar-refractivity contribution in [1.82, 2.24) is 4.90 Å². The molecule has 0 N–H and O–H groups in total. The van der Waals surface area contributed by atoms with Gasteiger partial charge in [-0.3, -0.25) is 0 Å². The van der Waals surface area contributed by atoms with E-state index in [0.29, 0.717) is 0 Å². The minimum atomic E-state index is -0.222. The summed E-state index contributed by atoms with van der Waals surface area (Å²) < 4.78 is 18.6. The first-order chi connectivity index (χ1) is 7.66. The third kappa shape index (κ3) is 2.11. The summed E-state index contributed by atoms with van der Waals surface area (Å²) in [7, 11) is 3.86. The average Bonchev–Trinajstić information content (AvgIpc) is 2.32. The molecule has 0 bridgehead atoms. The number of benzene rings is 1. The highest BCUT2D eigenvalue weighted by molar-refractivity contribution is 5.24. The molecule has 1 fully saturated rings. The van der Waals surface area contributed by atoms with E-state index in [2.05, 4.69) is 11.9 Å². The van der Waals surface area contributed by atoms with Crippen LogP contribution in [0.1, 0.15) is 18.4 Å². The Kier molecular flexibility index (Phi) is 3.26. The molecule has 1 aliphatic rings. The summed E-state index contributed by atoms with van der Waals surface area (Å²) in [4.78, 5) is 2.29. The predicted octanol–water partition coefficient (Wildman–Crippen LogP) is 2.39. The van der Waals surface area contributed by atoms with Crippen molar-refractivity contribution in [3.8, 4) is 0 Å². The van der Waals surface area contributed by atoms with Gasteiger partial charge in [-0.25, -0.2) is 4.39 Å². The molecule has 1 saturated heterocycles. The second-order valence-corrected chi connectivity index (χ2v) is 4.51. The highest BCUT2D eigenvalue weighted by Crippen LogP contribution is 2.35. The van der Waals surface area contributed by atoms with Gasteiger partial charge in [0.2, 0.25) is 0 Å². The van der Waals surface area contributed by atoms with Crippen LogP contribution in [0.4, 0.5) is 4.39 Å². The molecule has 1 aliphatic heterocycles. The van der Waals surface area contributed by atoms with Crippen molar-refractivity contribution >= 4 is 0 Å². The lowest BCUT2D eigenvalue weighted by Crippen LogP contribution is -2.42. The smallest absolute Gasteiger partial charge is 0.123 e. The molecule has 1 aromatic carbocycles. The van der Waals surface area contributed by atoms with E-state index < -0.39 is 0 Å². The van der Waals surface area contributed by atoms with Gasteiger partial charge in [-0.15, -0.1) is 0 Å². The maximum absolute atomic E-state index is 12.9. The summed E-state index contributed by atoms with van der Waals surface area (Å²) in [6, 6.07) is 6.69. The topological polar surface area (TPSA) is 12.5 Å².